The molecule has 0 amide bonds. The van der Waals surface area contributed by atoms with Crippen molar-refractivity contribution in [3.05, 3.63) is 0 Å². The van der Waals surface area contributed by atoms with Crippen molar-refractivity contribution in [2.24, 2.45) is 11.7 Å². The summed E-state index contributed by atoms with van der Waals surface area (Å²) in [6.07, 6.45) is 0. The number of alkyl halides is 2. The van der Waals surface area contributed by atoms with Crippen LogP contribution < -0.4 is 5.73 Å². The highest BCUT2D eigenvalue weighted by molar-refractivity contribution is 5.85. The van der Waals surface area contributed by atoms with Crippen LogP contribution >= 0.6 is 12.4 Å². The quantitative estimate of drug-likeness (QED) is 0.649. The summed E-state index contributed by atoms with van der Waals surface area (Å²) in [4.78, 5) is 1.61. The molecule has 1 aliphatic heterocycles. The van der Waals surface area contributed by atoms with Crippen LogP contribution in [0.2, 0.25) is 0 Å². The van der Waals surface area contributed by atoms with Gasteiger partial charge in [-0.1, -0.05) is 0 Å². The minimum atomic E-state index is -2.57. The molecule has 1 fully saturated rings. The van der Waals surface area contributed by atoms with E-state index in [4.69, 9.17) is 5.73 Å². The van der Waals surface area contributed by atoms with Gasteiger partial charge in [0.25, 0.3) is 5.92 Å². The maximum Gasteiger partial charge on any atom is 0.265 e. The third kappa shape index (κ3) is 2.25. The van der Waals surface area contributed by atoms with E-state index in [1.165, 1.54) is 0 Å². The zero-order chi connectivity index (χ0) is 7.78. The highest BCUT2D eigenvalue weighted by Gasteiger charge is 2.45. The first kappa shape index (κ1) is 11.1. The number of halogens is 3. The predicted molar refractivity (Wildman–Crippen MR) is 42.2 cm³/mol. The van der Waals surface area contributed by atoms with Gasteiger partial charge >= 0.3 is 0 Å². The van der Waals surface area contributed by atoms with Gasteiger partial charge in [-0.25, -0.2) is 8.78 Å². The molecule has 0 aromatic rings. The number of rotatable bonds is 1. The lowest BCUT2D eigenvalue weighted by atomic mass is 10.1. The minimum Gasteiger partial charge on any atom is -0.330 e. The van der Waals surface area contributed by atoms with E-state index in [-0.39, 0.29) is 25.5 Å². The highest BCUT2D eigenvalue weighted by atomic mass is 35.5. The first-order chi connectivity index (χ1) is 4.56. The van der Waals surface area contributed by atoms with Crippen molar-refractivity contribution in [1.82, 2.24) is 4.90 Å². The lowest BCUT2D eigenvalue weighted by Crippen LogP contribution is -2.32. The van der Waals surface area contributed by atoms with Gasteiger partial charge in [0.2, 0.25) is 0 Å². The van der Waals surface area contributed by atoms with E-state index in [1.807, 2.05) is 0 Å². The molecule has 11 heavy (non-hydrogen) atoms. The summed E-state index contributed by atoms with van der Waals surface area (Å²) in [5, 5.41) is 0. The normalized spacial score (nSPS) is 30.0. The Morgan fingerprint density at radius 2 is 2.18 bits per heavy atom. The Labute approximate surface area is 71.1 Å². The van der Waals surface area contributed by atoms with E-state index in [2.05, 4.69) is 0 Å². The van der Waals surface area contributed by atoms with Gasteiger partial charge in [0.15, 0.2) is 0 Å². The number of nitrogens with zero attached hydrogens (tertiary/aromatic N) is 1. The van der Waals surface area contributed by atoms with Crippen molar-refractivity contribution in [2.45, 2.75) is 5.92 Å². The molecule has 2 N–H and O–H groups in total. The fraction of sp³-hybridized carbons (Fsp3) is 1.00. The molecule has 0 bridgehead atoms. The molecular formula is C6H13ClF2N2. The molecule has 1 heterocycles. The lowest BCUT2D eigenvalue weighted by molar-refractivity contribution is -0.0226. The van der Waals surface area contributed by atoms with Crippen molar-refractivity contribution >= 4 is 12.4 Å². The molecule has 1 rings (SSSR count). The largest absolute Gasteiger partial charge is 0.330 e. The fourth-order valence-corrected chi connectivity index (χ4v) is 1.31. The highest BCUT2D eigenvalue weighted by Crippen LogP contribution is 2.30. The molecule has 2 nitrogen and oxygen atoms in total. The monoisotopic (exact) mass is 186 g/mol. The summed E-state index contributed by atoms with van der Waals surface area (Å²) in [7, 11) is 1.68. The zero-order valence-corrected chi connectivity index (χ0v) is 7.20. The summed E-state index contributed by atoms with van der Waals surface area (Å²) in [6, 6.07) is 0. The third-order valence-corrected chi connectivity index (χ3v) is 1.89. The van der Waals surface area contributed by atoms with Crippen LogP contribution in [0.5, 0.6) is 0 Å². The Bertz CT molecular complexity index is 132. The topological polar surface area (TPSA) is 29.3 Å². The van der Waals surface area contributed by atoms with E-state index in [0.29, 0.717) is 6.54 Å². The van der Waals surface area contributed by atoms with Crippen molar-refractivity contribution in [3.63, 3.8) is 0 Å². The van der Waals surface area contributed by atoms with Crippen molar-refractivity contribution < 1.29 is 8.78 Å². The van der Waals surface area contributed by atoms with E-state index < -0.39 is 11.8 Å². The van der Waals surface area contributed by atoms with Gasteiger partial charge in [0.05, 0.1) is 6.54 Å². The second kappa shape index (κ2) is 3.65. The number of hydrogen-bond acceptors (Lipinski definition) is 2. The summed E-state index contributed by atoms with van der Waals surface area (Å²) in [5.74, 6) is -3.21. The fourth-order valence-electron chi connectivity index (χ4n) is 1.31. The van der Waals surface area contributed by atoms with Gasteiger partial charge in [-0.05, 0) is 7.05 Å². The van der Waals surface area contributed by atoms with E-state index in [1.54, 1.807) is 11.9 Å². The van der Waals surface area contributed by atoms with Gasteiger partial charge < -0.3 is 10.6 Å². The molecule has 0 spiro atoms. The van der Waals surface area contributed by atoms with Crippen LogP contribution in [0.3, 0.4) is 0 Å². The van der Waals surface area contributed by atoms with Crippen LogP contribution in [-0.2, 0) is 0 Å². The molecule has 5 heteroatoms. The van der Waals surface area contributed by atoms with E-state index >= 15 is 0 Å². The number of likely N-dealkylation sites (tertiary alicyclic amines) is 1. The molecule has 0 radical (unpaired) electrons. The Hall–Kier alpha value is 0.0700. The zero-order valence-electron chi connectivity index (χ0n) is 6.39. The summed E-state index contributed by atoms with van der Waals surface area (Å²) < 4.78 is 25.5. The minimum absolute atomic E-state index is 0. The maximum absolute atomic E-state index is 12.7. The summed E-state index contributed by atoms with van der Waals surface area (Å²) in [5.41, 5.74) is 5.16. The summed E-state index contributed by atoms with van der Waals surface area (Å²) in [6.45, 7) is 0.357. The third-order valence-electron chi connectivity index (χ3n) is 1.89. The Kier molecular flexibility index (Phi) is 3.67. The van der Waals surface area contributed by atoms with Gasteiger partial charge in [-0.15, -0.1) is 12.4 Å². The molecule has 1 saturated heterocycles. The lowest BCUT2D eigenvalue weighted by Gasteiger charge is -2.14. The van der Waals surface area contributed by atoms with E-state index in [0.717, 1.165) is 0 Å². The Morgan fingerprint density at radius 3 is 2.36 bits per heavy atom. The Morgan fingerprint density at radius 1 is 1.64 bits per heavy atom. The van der Waals surface area contributed by atoms with Crippen molar-refractivity contribution in [3.8, 4) is 0 Å². The van der Waals surface area contributed by atoms with Crippen LogP contribution in [0.4, 0.5) is 8.78 Å². The molecule has 1 atom stereocenters. The molecule has 0 saturated carbocycles. The molecular weight excluding hydrogens is 174 g/mol. The summed E-state index contributed by atoms with van der Waals surface area (Å²) >= 11 is 0. The molecule has 0 aromatic heterocycles. The molecule has 0 aliphatic carbocycles. The van der Waals surface area contributed by atoms with Gasteiger partial charge in [0.1, 0.15) is 0 Å². The second-order valence-corrected chi connectivity index (χ2v) is 2.89. The van der Waals surface area contributed by atoms with Crippen LogP contribution in [0.15, 0.2) is 0 Å². The first-order valence-electron chi connectivity index (χ1n) is 3.32. The molecule has 1 aliphatic rings. The molecule has 68 valence electrons. The number of nitrogens with two attached hydrogens (primary N) is 1. The first-order valence-corrected chi connectivity index (χ1v) is 3.32. The van der Waals surface area contributed by atoms with Crippen LogP contribution in [0.1, 0.15) is 0 Å². The molecule has 0 aromatic carbocycles. The predicted octanol–water partition coefficient (Wildman–Crippen LogP) is 0.564. The van der Waals surface area contributed by atoms with Gasteiger partial charge in [0, 0.05) is 19.0 Å². The smallest absolute Gasteiger partial charge is 0.265 e. The van der Waals surface area contributed by atoms with Gasteiger partial charge in [-0.2, -0.15) is 0 Å². The second-order valence-electron chi connectivity index (χ2n) is 2.89. The van der Waals surface area contributed by atoms with Crippen LogP contribution in [0.25, 0.3) is 0 Å². The SMILES string of the molecule is CN1CC(CN)C(F)(F)C1.Cl. The maximum atomic E-state index is 12.7. The average Bonchev–Trinajstić information content (AvgIpc) is 2.04. The Balaban J connectivity index is 0.000001000. The van der Waals surface area contributed by atoms with Crippen LogP contribution in [-0.4, -0.2) is 37.5 Å². The van der Waals surface area contributed by atoms with Gasteiger partial charge in [-0.3, -0.25) is 0 Å². The van der Waals surface area contributed by atoms with Crippen molar-refractivity contribution in [2.75, 3.05) is 26.7 Å². The van der Waals surface area contributed by atoms with Crippen LogP contribution in [0, 0.1) is 5.92 Å². The average molecular weight is 187 g/mol. The standard InChI is InChI=1S/C6H12F2N2.ClH/c1-10-3-5(2-9)6(7,8)4-10;/h5H,2-4,9H2,1H3;1H. The number of hydrogen-bond donors (Lipinski definition) is 1. The van der Waals surface area contributed by atoms with Crippen molar-refractivity contribution in [1.29, 1.82) is 0 Å². The molecule has 1 unspecified atom stereocenters. The van der Waals surface area contributed by atoms with E-state index in [9.17, 15) is 8.78 Å².